The van der Waals surface area contributed by atoms with Crippen molar-refractivity contribution >= 4 is 7.12 Å². The first-order chi connectivity index (χ1) is 3.39. The zero-order chi connectivity index (χ0) is 5.11. The molecular formula is C4H9BO2. The highest BCUT2D eigenvalue weighted by Crippen LogP contribution is 2.07. The Morgan fingerprint density at radius 1 is 1.43 bits per heavy atom. The highest BCUT2D eigenvalue weighted by Gasteiger charge is 2.15. The van der Waals surface area contributed by atoms with Crippen molar-refractivity contribution in [3.63, 3.8) is 0 Å². The van der Waals surface area contributed by atoms with Gasteiger partial charge in [0.15, 0.2) is 0 Å². The zero-order valence-corrected chi connectivity index (χ0v) is 4.26. The maximum absolute atomic E-state index is 8.69. The first kappa shape index (κ1) is 5.13. The van der Waals surface area contributed by atoms with Crippen LogP contribution in [0, 0.1) is 0 Å². The van der Waals surface area contributed by atoms with Gasteiger partial charge < -0.3 is 9.68 Å². The second-order valence-corrected chi connectivity index (χ2v) is 1.82. The molecule has 1 N–H and O–H groups in total. The van der Waals surface area contributed by atoms with Crippen LogP contribution < -0.4 is 0 Å². The fourth-order valence-electron chi connectivity index (χ4n) is 0.724. The molecule has 2 nitrogen and oxygen atoms in total. The molecule has 0 aromatic carbocycles. The lowest BCUT2D eigenvalue weighted by Crippen LogP contribution is -2.22. The first-order valence-corrected chi connectivity index (χ1v) is 2.69. The normalized spacial score (nSPS) is 22.7. The monoisotopic (exact) mass is 100 g/mol. The summed E-state index contributed by atoms with van der Waals surface area (Å²) < 4.78 is 4.83. The molecule has 7 heavy (non-hydrogen) atoms. The third-order valence-electron chi connectivity index (χ3n) is 1.16. The van der Waals surface area contributed by atoms with Crippen LogP contribution in [0.15, 0.2) is 0 Å². The summed E-state index contributed by atoms with van der Waals surface area (Å²) in [6.07, 6.45) is 3.04. The molecule has 1 saturated heterocycles. The minimum absolute atomic E-state index is 0.464. The van der Waals surface area contributed by atoms with Gasteiger partial charge in [-0.1, -0.05) is 6.42 Å². The Labute approximate surface area is 43.6 Å². The fourth-order valence-corrected chi connectivity index (χ4v) is 0.724. The molecule has 0 aromatic heterocycles. The third-order valence-corrected chi connectivity index (χ3v) is 1.16. The lowest BCUT2D eigenvalue weighted by atomic mass is 9.81. The largest absolute Gasteiger partial charge is 0.454 e. The van der Waals surface area contributed by atoms with Crippen molar-refractivity contribution in [3.05, 3.63) is 0 Å². The topological polar surface area (TPSA) is 29.5 Å². The molecule has 0 aromatic rings. The SMILES string of the molecule is OB1CCCCO1. The van der Waals surface area contributed by atoms with E-state index < -0.39 is 7.12 Å². The predicted octanol–water partition coefficient (Wildman–Crippen LogP) is 0.277. The zero-order valence-electron chi connectivity index (χ0n) is 4.26. The molecule has 1 aliphatic rings. The molecule has 0 atom stereocenters. The van der Waals surface area contributed by atoms with E-state index in [4.69, 9.17) is 9.68 Å². The summed E-state index contributed by atoms with van der Waals surface area (Å²) in [6.45, 7) is 0.737. The van der Waals surface area contributed by atoms with Crippen molar-refractivity contribution < 1.29 is 9.68 Å². The smallest absolute Gasteiger partial charge is 0.427 e. The average molecular weight is 99.9 g/mol. The van der Waals surface area contributed by atoms with Crippen molar-refractivity contribution in [2.45, 2.75) is 19.2 Å². The Hall–Kier alpha value is -0.0151. The van der Waals surface area contributed by atoms with E-state index in [0.717, 1.165) is 25.8 Å². The van der Waals surface area contributed by atoms with Crippen LogP contribution in [0.1, 0.15) is 12.8 Å². The van der Waals surface area contributed by atoms with Crippen molar-refractivity contribution in [3.8, 4) is 0 Å². The minimum atomic E-state index is -0.464. The van der Waals surface area contributed by atoms with Gasteiger partial charge in [-0.25, -0.2) is 0 Å². The van der Waals surface area contributed by atoms with Gasteiger partial charge >= 0.3 is 7.12 Å². The molecule has 1 aliphatic heterocycles. The van der Waals surface area contributed by atoms with Crippen molar-refractivity contribution in [1.82, 2.24) is 0 Å². The molecule has 0 radical (unpaired) electrons. The standard InChI is InChI=1S/C4H9BO2/c6-5-3-1-2-4-7-5/h6H,1-4H2. The van der Waals surface area contributed by atoms with Crippen LogP contribution in [-0.4, -0.2) is 18.7 Å². The molecule has 1 rings (SSSR count). The van der Waals surface area contributed by atoms with Gasteiger partial charge in [-0.3, -0.25) is 0 Å². The first-order valence-electron chi connectivity index (χ1n) is 2.69. The van der Waals surface area contributed by atoms with Crippen molar-refractivity contribution in [2.24, 2.45) is 0 Å². The van der Waals surface area contributed by atoms with E-state index >= 15 is 0 Å². The van der Waals surface area contributed by atoms with Crippen LogP contribution >= 0.6 is 0 Å². The summed E-state index contributed by atoms with van der Waals surface area (Å²) in [5.74, 6) is 0. The summed E-state index contributed by atoms with van der Waals surface area (Å²) in [5.41, 5.74) is 0. The quantitative estimate of drug-likeness (QED) is 0.443. The summed E-state index contributed by atoms with van der Waals surface area (Å²) in [7, 11) is -0.464. The lowest BCUT2D eigenvalue weighted by Gasteiger charge is -2.12. The molecule has 0 saturated carbocycles. The van der Waals surface area contributed by atoms with Crippen molar-refractivity contribution in [1.29, 1.82) is 0 Å². The second kappa shape index (κ2) is 2.33. The maximum atomic E-state index is 8.69. The van der Waals surface area contributed by atoms with Crippen LogP contribution in [0.25, 0.3) is 0 Å². The molecule has 40 valence electrons. The van der Waals surface area contributed by atoms with E-state index in [1.165, 1.54) is 0 Å². The molecule has 0 aliphatic carbocycles. The number of hydrogen-bond acceptors (Lipinski definition) is 2. The highest BCUT2D eigenvalue weighted by atomic mass is 16.5. The van der Waals surface area contributed by atoms with Gasteiger partial charge in [0.2, 0.25) is 0 Å². The lowest BCUT2D eigenvalue weighted by molar-refractivity contribution is 0.231. The fraction of sp³-hybridized carbons (Fsp3) is 1.00. The highest BCUT2D eigenvalue weighted by molar-refractivity contribution is 6.42. The molecular weight excluding hydrogens is 90.9 g/mol. The van der Waals surface area contributed by atoms with Gasteiger partial charge in [0.1, 0.15) is 0 Å². The molecule has 0 bridgehead atoms. The summed E-state index contributed by atoms with van der Waals surface area (Å²) in [5, 5.41) is 8.69. The second-order valence-electron chi connectivity index (χ2n) is 1.82. The Morgan fingerprint density at radius 2 is 2.29 bits per heavy atom. The van der Waals surface area contributed by atoms with Crippen LogP contribution in [-0.2, 0) is 4.65 Å². The summed E-state index contributed by atoms with van der Waals surface area (Å²) in [6, 6.07) is 0. The van der Waals surface area contributed by atoms with Crippen LogP contribution in [0.5, 0.6) is 0 Å². The summed E-state index contributed by atoms with van der Waals surface area (Å²) >= 11 is 0. The Bertz CT molecular complexity index is 51.7. The van der Waals surface area contributed by atoms with Gasteiger partial charge in [-0.05, 0) is 12.7 Å². The number of hydrogen-bond donors (Lipinski definition) is 1. The molecule has 0 unspecified atom stereocenters. The molecule has 0 amide bonds. The molecule has 3 heteroatoms. The predicted molar refractivity (Wildman–Crippen MR) is 28.0 cm³/mol. The minimum Gasteiger partial charge on any atom is -0.427 e. The van der Waals surface area contributed by atoms with E-state index in [1.54, 1.807) is 0 Å². The Balaban J connectivity index is 2.12. The molecule has 0 spiro atoms. The van der Waals surface area contributed by atoms with Gasteiger partial charge in [-0.15, -0.1) is 0 Å². The molecule has 1 fully saturated rings. The van der Waals surface area contributed by atoms with Crippen molar-refractivity contribution in [2.75, 3.05) is 6.61 Å². The Kier molecular flexibility index (Phi) is 1.71. The van der Waals surface area contributed by atoms with Gasteiger partial charge in [0.25, 0.3) is 0 Å². The number of rotatable bonds is 0. The van der Waals surface area contributed by atoms with E-state index in [9.17, 15) is 0 Å². The Morgan fingerprint density at radius 3 is 2.57 bits per heavy atom. The van der Waals surface area contributed by atoms with Gasteiger partial charge in [0, 0.05) is 6.61 Å². The van der Waals surface area contributed by atoms with Crippen LogP contribution in [0.2, 0.25) is 6.32 Å². The van der Waals surface area contributed by atoms with E-state index in [0.29, 0.717) is 0 Å². The van der Waals surface area contributed by atoms with E-state index in [1.807, 2.05) is 0 Å². The third kappa shape index (κ3) is 1.49. The summed E-state index contributed by atoms with van der Waals surface area (Å²) in [4.78, 5) is 0. The van der Waals surface area contributed by atoms with Crippen LogP contribution in [0.4, 0.5) is 0 Å². The van der Waals surface area contributed by atoms with Crippen LogP contribution in [0.3, 0.4) is 0 Å². The van der Waals surface area contributed by atoms with Gasteiger partial charge in [0.05, 0.1) is 0 Å². The van der Waals surface area contributed by atoms with E-state index in [-0.39, 0.29) is 0 Å². The van der Waals surface area contributed by atoms with E-state index in [2.05, 4.69) is 0 Å². The molecule has 1 heterocycles. The van der Waals surface area contributed by atoms with Gasteiger partial charge in [-0.2, -0.15) is 0 Å². The average Bonchev–Trinajstić information content (AvgIpc) is 1.69. The maximum Gasteiger partial charge on any atom is 0.454 e.